The Kier molecular flexibility index (Phi) is 6.97. The van der Waals surface area contributed by atoms with Crippen LogP contribution in [0.1, 0.15) is 28.6 Å². The maximum atomic E-state index is 13.1. The van der Waals surface area contributed by atoms with Gasteiger partial charge in [-0.15, -0.1) is 0 Å². The van der Waals surface area contributed by atoms with Crippen molar-refractivity contribution in [3.63, 3.8) is 0 Å². The summed E-state index contributed by atoms with van der Waals surface area (Å²) >= 11 is 0. The second-order valence-corrected chi connectivity index (χ2v) is 10.3. The maximum absolute atomic E-state index is 13.1. The topological polar surface area (TPSA) is 132 Å². The van der Waals surface area contributed by atoms with Crippen LogP contribution in [-0.4, -0.2) is 26.0 Å². The van der Waals surface area contributed by atoms with Crippen LogP contribution in [0.5, 0.6) is 0 Å². The Bertz CT molecular complexity index is 1720. The minimum absolute atomic E-state index is 0.0639. The average molecular weight is 542 g/mol. The normalized spacial score (nSPS) is 14.5. The second-order valence-electron chi connectivity index (χ2n) is 8.74. The number of esters is 1. The van der Waals surface area contributed by atoms with Crippen molar-refractivity contribution in [1.82, 2.24) is 0 Å². The van der Waals surface area contributed by atoms with E-state index in [-0.39, 0.29) is 11.5 Å². The van der Waals surface area contributed by atoms with Gasteiger partial charge in [0, 0.05) is 5.56 Å². The first-order valence-corrected chi connectivity index (χ1v) is 13.4. The van der Waals surface area contributed by atoms with E-state index in [2.05, 4.69) is 5.10 Å². The molecule has 0 spiro atoms. The molecule has 2 heterocycles. The predicted molar refractivity (Wildman–Crippen MR) is 146 cm³/mol. The number of ether oxygens (including phenoxy) is 1. The van der Waals surface area contributed by atoms with Crippen molar-refractivity contribution in [3.05, 3.63) is 113 Å². The second kappa shape index (κ2) is 10.5. The molecule has 0 radical (unpaired) electrons. The monoisotopic (exact) mass is 541 g/mol. The van der Waals surface area contributed by atoms with Crippen LogP contribution in [0.3, 0.4) is 0 Å². The zero-order valence-electron chi connectivity index (χ0n) is 20.8. The lowest BCUT2D eigenvalue weighted by Gasteiger charge is -2.12. The van der Waals surface area contributed by atoms with Crippen molar-refractivity contribution in [2.75, 3.05) is 5.01 Å². The van der Waals surface area contributed by atoms with E-state index >= 15 is 0 Å². The van der Waals surface area contributed by atoms with Crippen molar-refractivity contribution in [3.8, 4) is 11.3 Å². The molecule has 0 unspecified atom stereocenters. The Hall–Kier alpha value is -4.80. The van der Waals surface area contributed by atoms with Crippen molar-refractivity contribution in [1.29, 1.82) is 0 Å². The summed E-state index contributed by atoms with van der Waals surface area (Å²) in [6.45, 7) is 1.86. The molecule has 1 aromatic heterocycles. The molecule has 0 atom stereocenters. The van der Waals surface area contributed by atoms with E-state index in [0.29, 0.717) is 39.6 Å². The number of sulfonamides is 1. The van der Waals surface area contributed by atoms with Crippen molar-refractivity contribution >= 4 is 39.4 Å². The maximum Gasteiger partial charge on any atom is 0.338 e. The molecule has 1 aliphatic rings. The van der Waals surface area contributed by atoms with E-state index in [1.54, 1.807) is 43.3 Å². The number of anilines is 1. The smallest absolute Gasteiger partial charge is 0.338 e. The molecule has 1 aliphatic heterocycles. The van der Waals surface area contributed by atoms with Gasteiger partial charge in [-0.25, -0.2) is 18.4 Å². The Morgan fingerprint density at radius 3 is 2.46 bits per heavy atom. The van der Waals surface area contributed by atoms with E-state index in [0.717, 1.165) is 5.56 Å². The number of furan rings is 1. The summed E-state index contributed by atoms with van der Waals surface area (Å²) in [5.41, 5.74) is 3.14. The van der Waals surface area contributed by atoms with Crippen LogP contribution in [0.4, 0.5) is 5.69 Å². The molecule has 0 aliphatic carbocycles. The first-order valence-electron chi connectivity index (χ1n) is 11.8. The minimum Gasteiger partial charge on any atom is -0.457 e. The summed E-state index contributed by atoms with van der Waals surface area (Å²) in [7, 11) is -3.85. The number of nitrogens with zero attached hydrogens (tertiary/aromatic N) is 2. The molecule has 5 rings (SSSR count). The highest BCUT2D eigenvalue weighted by atomic mass is 32.2. The van der Waals surface area contributed by atoms with Gasteiger partial charge < -0.3 is 9.15 Å². The zero-order chi connectivity index (χ0) is 27.6. The first-order chi connectivity index (χ1) is 18.7. The molecule has 1 amide bonds. The van der Waals surface area contributed by atoms with Gasteiger partial charge in [0.05, 0.1) is 27.4 Å². The number of hydrazone groups is 1. The number of primary sulfonamides is 1. The summed E-state index contributed by atoms with van der Waals surface area (Å²) < 4.78 is 34.4. The first kappa shape index (κ1) is 25.8. The van der Waals surface area contributed by atoms with E-state index < -0.39 is 21.9 Å². The molecular weight excluding hydrogens is 518 g/mol. The Morgan fingerprint density at radius 1 is 1.00 bits per heavy atom. The molecule has 10 heteroatoms. The van der Waals surface area contributed by atoms with Gasteiger partial charge >= 0.3 is 5.97 Å². The van der Waals surface area contributed by atoms with Gasteiger partial charge in [-0.3, -0.25) is 4.79 Å². The van der Waals surface area contributed by atoms with Gasteiger partial charge in [0.2, 0.25) is 10.0 Å². The number of rotatable bonds is 7. The van der Waals surface area contributed by atoms with E-state index in [1.807, 2.05) is 36.4 Å². The molecule has 0 saturated carbocycles. The number of carbonyl (C=O) groups excluding carboxylic acids is 2. The largest absolute Gasteiger partial charge is 0.457 e. The third-order valence-electron chi connectivity index (χ3n) is 5.98. The lowest BCUT2D eigenvalue weighted by Crippen LogP contribution is -2.21. The number of hydrogen-bond acceptors (Lipinski definition) is 7. The lowest BCUT2D eigenvalue weighted by molar-refractivity contribution is -0.114. The van der Waals surface area contributed by atoms with Gasteiger partial charge in [-0.1, -0.05) is 42.5 Å². The van der Waals surface area contributed by atoms with E-state index in [1.165, 1.54) is 29.3 Å². The summed E-state index contributed by atoms with van der Waals surface area (Å²) in [5.74, 6) is 0.0913. The fourth-order valence-corrected chi connectivity index (χ4v) is 4.49. The molecule has 39 heavy (non-hydrogen) atoms. The number of amides is 1. The molecular formula is C29H23N3O6S. The highest BCUT2D eigenvalue weighted by molar-refractivity contribution is 7.89. The third kappa shape index (κ3) is 5.71. The van der Waals surface area contributed by atoms with Gasteiger partial charge in [0.1, 0.15) is 18.1 Å². The zero-order valence-corrected chi connectivity index (χ0v) is 21.6. The molecule has 196 valence electrons. The number of nitrogens with two attached hydrogens (primary N) is 1. The van der Waals surface area contributed by atoms with Crippen LogP contribution in [-0.2, 0) is 26.2 Å². The number of carbonyl (C=O) groups is 2. The van der Waals surface area contributed by atoms with E-state index in [9.17, 15) is 18.0 Å². The molecule has 9 nitrogen and oxygen atoms in total. The SMILES string of the molecule is CC1=NN(c2ccc(S(N)(=O)=O)cc2)C(=O)/C1=C\c1ccc(-c2cccc(C(=O)OCc3ccccc3)c2)o1. The van der Waals surface area contributed by atoms with Crippen LogP contribution in [0, 0.1) is 0 Å². The Labute approximate surface area is 224 Å². The van der Waals surface area contributed by atoms with Gasteiger partial charge in [-0.05, 0) is 67.1 Å². The van der Waals surface area contributed by atoms with Gasteiger partial charge in [0.15, 0.2) is 0 Å². The summed E-state index contributed by atoms with van der Waals surface area (Å²) in [6.07, 6.45) is 1.58. The molecule has 2 N–H and O–H groups in total. The quantitative estimate of drug-likeness (QED) is 0.265. The number of benzene rings is 3. The molecule has 0 fully saturated rings. The molecule has 3 aromatic carbocycles. The predicted octanol–water partition coefficient (Wildman–Crippen LogP) is 4.76. The molecule has 0 saturated heterocycles. The number of hydrogen-bond donors (Lipinski definition) is 1. The molecule has 4 aromatic rings. The fourth-order valence-electron chi connectivity index (χ4n) is 3.97. The van der Waals surface area contributed by atoms with Crippen LogP contribution in [0.2, 0.25) is 0 Å². The van der Waals surface area contributed by atoms with Gasteiger partial charge in [-0.2, -0.15) is 10.1 Å². The summed E-state index contributed by atoms with van der Waals surface area (Å²) in [4.78, 5) is 25.6. The van der Waals surface area contributed by atoms with Crippen LogP contribution in [0.25, 0.3) is 17.4 Å². The fraction of sp³-hybridized carbons (Fsp3) is 0.0690. The van der Waals surface area contributed by atoms with Gasteiger partial charge in [0.25, 0.3) is 5.91 Å². The Balaban J connectivity index is 1.31. The summed E-state index contributed by atoms with van der Waals surface area (Å²) in [6, 6.07) is 25.3. The lowest BCUT2D eigenvalue weighted by atomic mass is 10.1. The highest BCUT2D eigenvalue weighted by Crippen LogP contribution is 2.28. The standard InChI is InChI=1S/C29H23N3O6S/c1-19-26(28(33)32(31-19)23-10-13-25(14-11-23)39(30,35)36)17-24-12-15-27(38-24)21-8-5-9-22(16-21)29(34)37-18-20-6-3-2-4-7-20/h2-17H,18H2,1H3,(H2,30,35,36)/b26-17-. The Morgan fingerprint density at radius 2 is 1.74 bits per heavy atom. The highest BCUT2D eigenvalue weighted by Gasteiger charge is 2.29. The van der Waals surface area contributed by atoms with Crippen LogP contribution in [0.15, 0.2) is 111 Å². The van der Waals surface area contributed by atoms with Crippen molar-refractivity contribution in [2.24, 2.45) is 10.2 Å². The van der Waals surface area contributed by atoms with E-state index in [4.69, 9.17) is 14.3 Å². The van der Waals surface area contributed by atoms with Crippen molar-refractivity contribution in [2.45, 2.75) is 18.4 Å². The van der Waals surface area contributed by atoms with Crippen LogP contribution >= 0.6 is 0 Å². The van der Waals surface area contributed by atoms with Crippen LogP contribution < -0.4 is 10.1 Å². The minimum atomic E-state index is -3.85. The third-order valence-corrected chi connectivity index (χ3v) is 6.91. The molecule has 0 bridgehead atoms. The average Bonchev–Trinajstić information content (AvgIpc) is 3.52. The van der Waals surface area contributed by atoms with Crippen molar-refractivity contribution < 1.29 is 27.2 Å². The summed E-state index contributed by atoms with van der Waals surface area (Å²) in [5, 5.41) is 10.6.